The van der Waals surface area contributed by atoms with Gasteiger partial charge in [-0.25, -0.2) is 8.42 Å². The Morgan fingerprint density at radius 2 is 2.00 bits per heavy atom. The summed E-state index contributed by atoms with van der Waals surface area (Å²) in [4.78, 5) is 10.0. The molecule has 0 unspecified atom stereocenters. The monoisotopic (exact) mass is 413 g/mol. The first kappa shape index (κ1) is 22.1. The smallest absolute Gasteiger partial charge is 0.289 e. The molecule has 1 aliphatic rings. The first-order chi connectivity index (χ1) is 11.4. The van der Waals surface area contributed by atoms with Gasteiger partial charge in [-0.15, -0.1) is 12.4 Å². The fraction of sp³-hybridized carbons (Fsp3) is 0.571. The van der Waals surface area contributed by atoms with E-state index >= 15 is 0 Å². The molecule has 1 aromatic rings. The van der Waals surface area contributed by atoms with Gasteiger partial charge in [-0.1, -0.05) is 11.6 Å². The third-order valence-corrected chi connectivity index (χ3v) is 6.00. The molecule has 1 heterocycles. The zero-order valence-corrected chi connectivity index (χ0v) is 15.9. The van der Waals surface area contributed by atoms with Crippen molar-refractivity contribution in [3.8, 4) is 0 Å². The van der Waals surface area contributed by atoms with Gasteiger partial charge in [0.25, 0.3) is 5.69 Å². The number of piperidine rings is 1. The zero-order valence-electron chi connectivity index (χ0n) is 13.5. The van der Waals surface area contributed by atoms with Gasteiger partial charge < -0.3 is 10.5 Å². The normalized spacial score (nSPS) is 16.4. The fourth-order valence-corrected chi connectivity index (χ4v) is 4.45. The Balaban J connectivity index is 0.00000312. The average molecular weight is 414 g/mol. The highest BCUT2D eigenvalue weighted by Crippen LogP contribution is 2.31. The van der Waals surface area contributed by atoms with E-state index in [1.54, 1.807) is 0 Å². The summed E-state index contributed by atoms with van der Waals surface area (Å²) in [6, 6.07) is 3.53. The van der Waals surface area contributed by atoms with Gasteiger partial charge in [-0.2, -0.15) is 4.31 Å². The molecule has 0 atom stereocenters. The van der Waals surface area contributed by atoms with Crippen LogP contribution in [0.3, 0.4) is 0 Å². The number of nitrogens with two attached hydrogens (primary N) is 1. The molecular formula is C14H21Cl2N3O5S. The number of hydrogen-bond donors (Lipinski definition) is 1. The van der Waals surface area contributed by atoms with E-state index in [1.165, 1.54) is 10.4 Å². The molecule has 8 nitrogen and oxygen atoms in total. The lowest BCUT2D eigenvalue weighted by molar-refractivity contribution is -0.387. The van der Waals surface area contributed by atoms with Crippen molar-refractivity contribution in [2.75, 3.05) is 26.2 Å². The van der Waals surface area contributed by atoms with Crippen LogP contribution in [0.25, 0.3) is 0 Å². The maximum absolute atomic E-state index is 12.7. The molecule has 0 spiro atoms. The van der Waals surface area contributed by atoms with Crippen molar-refractivity contribution in [2.45, 2.75) is 30.3 Å². The Morgan fingerprint density at radius 1 is 1.36 bits per heavy atom. The van der Waals surface area contributed by atoms with Gasteiger partial charge in [0.2, 0.25) is 10.0 Å². The standard InChI is InChI=1S/C14H20ClN3O5S.ClH/c15-11-2-3-13(18(19)20)14(10-11)24(21,22)17-7-4-12(5-8-17)23-9-1-6-16;/h2-3,10,12H,1,4-9,16H2;1H. The Morgan fingerprint density at radius 3 is 2.56 bits per heavy atom. The maximum atomic E-state index is 12.7. The number of halogens is 2. The quantitative estimate of drug-likeness (QED) is 0.415. The summed E-state index contributed by atoms with van der Waals surface area (Å²) in [7, 11) is -3.98. The fourth-order valence-electron chi connectivity index (χ4n) is 2.56. The molecule has 1 saturated heterocycles. The minimum absolute atomic E-state index is 0. The largest absolute Gasteiger partial charge is 0.378 e. The number of nitrogens with zero attached hydrogens (tertiary/aromatic N) is 2. The van der Waals surface area contributed by atoms with E-state index in [4.69, 9.17) is 22.1 Å². The zero-order chi connectivity index (χ0) is 17.7. The summed E-state index contributed by atoms with van der Waals surface area (Å²) in [6.45, 7) is 1.60. The third-order valence-electron chi connectivity index (χ3n) is 3.84. The van der Waals surface area contributed by atoms with E-state index in [9.17, 15) is 18.5 Å². The van der Waals surface area contributed by atoms with Crippen LogP contribution >= 0.6 is 24.0 Å². The molecule has 0 radical (unpaired) electrons. The summed E-state index contributed by atoms with van der Waals surface area (Å²) in [6.07, 6.45) is 1.82. The van der Waals surface area contributed by atoms with Gasteiger partial charge >= 0.3 is 0 Å². The topological polar surface area (TPSA) is 116 Å². The van der Waals surface area contributed by atoms with Crippen molar-refractivity contribution >= 4 is 39.7 Å². The lowest BCUT2D eigenvalue weighted by Crippen LogP contribution is -2.41. The van der Waals surface area contributed by atoms with E-state index < -0.39 is 20.6 Å². The molecule has 11 heteroatoms. The highest BCUT2D eigenvalue weighted by molar-refractivity contribution is 7.89. The molecule has 142 valence electrons. The first-order valence-electron chi connectivity index (χ1n) is 7.62. The van der Waals surface area contributed by atoms with Gasteiger partial charge in [-0.3, -0.25) is 10.1 Å². The highest BCUT2D eigenvalue weighted by atomic mass is 35.5. The second-order valence-electron chi connectivity index (χ2n) is 5.49. The Labute approximate surface area is 157 Å². The van der Waals surface area contributed by atoms with E-state index in [1.807, 2.05) is 0 Å². The summed E-state index contributed by atoms with van der Waals surface area (Å²) in [5.41, 5.74) is 4.93. The molecule has 2 N–H and O–H groups in total. The number of hydrogen-bond acceptors (Lipinski definition) is 6. The van der Waals surface area contributed by atoms with Crippen molar-refractivity contribution in [1.82, 2.24) is 4.31 Å². The van der Waals surface area contributed by atoms with E-state index in [2.05, 4.69) is 0 Å². The number of ether oxygens (including phenoxy) is 1. The van der Waals surface area contributed by atoms with Gasteiger partial charge in [0.05, 0.1) is 11.0 Å². The van der Waals surface area contributed by atoms with Crippen molar-refractivity contribution in [3.05, 3.63) is 33.3 Å². The summed E-state index contributed by atoms with van der Waals surface area (Å²) in [5.74, 6) is 0. The average Bonchev–Trinajstić information content (AvgIpc) is 2.55. The molecule has 2 rings (SSSR count). The summed E-state index contributed by atoms with van der Waals surface area (Å²) in [5, 5.41) is 11.2. The van der Waals surface area contributed by atoms with Crippen LogP contribution in [-0.4, -0.2) is 50.0 Å². The lowest BCUT2D eigenvalue weighted by atomic mass is 10.1. The van der Waals surface area contributed by atoms with Gasteiger partial charge in [0.1, 0.15) is 0 Å². The molecule has 0 aliphatic carbocycles. The molecule has 1 aliphatic heterocycles. The summed E-state index contributed by atoms with van der Waals surface area (Å²) < 4.78 is 32.4. The molecular weight excluding hydrogens is 393 g/mol. The van der Waals surface area contributed by atoms with Crippen LogP contribution in [0.4, 0.5) is 5.69 Å². The lowest BCUT2D eigenvalue weighted by Gasteiger charge is -2.31. The number of nitro groups is 1. The Bertz CT molecular complexity index is 694. The molecule has 0 amide bonds. The SMILES string of the molecule is Cl.NCCCOC1CCN(S(=O)(=O)c2cc(Cl)ccc2[N+](=O)[O-])CC1. The van der Waals surface area contributed by atoms with Gasteiger partial charge in [0, 0.05) is 30.8 Å². The minimum Gasteiger partial charge on any atom is -0.378 e. The van der Waals surface area contributed by atoms with Crippen LogP contribution in [0.5, 0.6) is 0 Å². The van der Waals surface area contributed by atoms with Gasteiger partial charge in [0.15, 0.2) is 4.90 Å². The number of rotatable bonds is 7. The maximum Gasteiger partial charge on any atom is 0.289 e. The first-order valence-corrected chi connectivity index (χ1v) is 9.44. The summed E-state index contributed by atoms with van der Waals surface area (Å²) >= 11 is 5.82. The van der Waals surface area contributed by atoms with Crippen molar-refractivity contribution in [3.63, 3.8) is 0 Å². The van der Waals surface area contributed by atoms with E-state index in [0.717, 1.165) is 18.6 Å². The van der Waals surface area contributed by atoms with Crippen molar-refractivity contribution in [1.29, 1.82) is 0 Å². The van der Waals surface area contributed by atoms with Crippen LogP contribution in [0, 0.1) is 10.1 Å². The number of nitro benzene ring substituents is 1. The third kappa shape index (κ3) is 5.50. The Hall–Kier alpha value is -0.970. The minimum atomic E-state index is -3.98. The number of sulfonamides is 1. The Kier molecular flexibility index (Phi) is 8.52. The van der Waals surface area contributed by atoms with Gasteiger partial charge in [-0.05, 0) is 37.9 Å². The highest BCUT2D eigenvalue weighted by Gasteiger charge is 2.34. The number of benzene rings is 1. The molecule has 0 bridgehead atoms. The van der Waals surface area contributed by atoms with Crippen LogP contribution in [0.15, 0.2) is 23.1 Å². The second kappa shape index (κ2) is 9.65. The second-order valence-corrected chi connectivity index (χ2v) is 7.83. The molecule has 1 fully saturated rings. The van der Waals surface area contributed by atoms with Crippen LogP contribution in [-0.2, 0) is 14.8 Å². The predicted molar refractivity (Wildman–Crippen MR) is 96.8 cm³/mol. The van der Waals surface area contributed by atoms with Crippen molar-refractivity contribution < 1.29 is 18.1 Å². The van der Waals surface area contributed by atoms with E-state index in [-0.39, 0.29) is 41.5 Å². The molecule has 0 aromatic heterocycles. The van der Waals surface area contributed by atoms with Crippen LogP contribution in [0.1, 0.15) is 19.3 Å². The van der Waals surface area contributed by atoms with Crippen molar-refractivity contribution in [2.24, 2.45) is 5.73 Å². The molecule has 0 saturated carbocycles. The van der Waals surface area contributed by atoms with Crippen LogP contribution in [0.2, 0.25) is 5.02 Å². The predicted octanol–water partition coefficient (Wildman–Crippen LogP) is 2.19. The van der Waals surface area contributed by atoms with E-state index in [0.29, 0.717) is 26.0 Å². The molecule has 1 aromatic carbocycles. The molecule has 25 heavy (non-hydrogen) atoms. The van der Waals surface area contributed by atoms with Crippen LogP contribution < -0.4 is 5.73 Å².